The zero-order valence-corrected chi connectivity index (χ0v) is 22.0. The molecule has 3 aromatic rings. The standard InChI is InChI=1S/C31H34FN3O3/c1-31(2,36)38-29-19-26(17-22-10-6-4-7-11-22)35(21-24-14-15-27(32)25(16-24)20-33)30(37-3)34-28(29)18-23-12-8-5-9-13-23/h4-16,26,28-29,36H,17-19,21H2,1-3H3/t26-,28?,29?/m1/s1. The Morgan fingerprint density at radius 2 is 1.63 bits per heavy atom. The molecule has 0 aromatic heterocycles. The van der Waals surface area contributed by atoms with E-state index >= 15 is 0 Å². The van der Waals surface area contributed by atoms with Crippen LogP contribution in [0.1, 0.15) is 42.5 Å². The smallest absolute Gasteiger partial charge is 0.287 e. The quantitative estimate of drug-likeness (QED) is 0.415. The summed E-state index contributed by atoms with van der Waals surface area (Å²) in [7, 11) is 1.59. The average Bonchev–Trinajstić information content (AvgIpc) is 3.02. The number of ether oxygens (including phenoxy) is 2. The molecule has 0 fully saturated rings. The van der Waals surface area contributed by atoms with Crippen molar-refractivity contribution in [1.82, 2.24) is 4.90 Å². The number of nitrogens with zero attached hydrogens (tertiary/aromatic N) is 3. The van der Waals surface area contributed by atoms with Gasteiger partial charge in [-0.3, -0.25) is 0 Å². The molecule has 0 saturated heterocycles. The van der Waals surface area contributed by atoms with Gasteiger partial charge in [-0.15, -0.1) is 0 Å². The molecular weight excluding hydrogens is 481 g/mol. The lowest BCUT2D eigenvalue weighted by atomic mass is 9.93. The summed E-state index contributed by atoms with van der Waals surface area (Å²) in [5, 5.41) is 20.0. The van der Waals surface area contributed by atoms with Crippen LogP contribution in [-0.4, -0.2) is 47.1 Å². The molecular formula is C31H34FN3O3. The van der Waals surface area contributed by atoms with Gasteiger partial charge in [-0.2, -0.15) is 5.26 Å². The van der Waals surface area contributed by atoms with Gasteiger partial charge in [0.05, 0.1) is 24.8 Å². The van der Waals surface area contributed by atoms with Gasteiger partial charge in [-0.05, 0) is 61.9 Å². The minimum atomic E-state index is -1.35. The van der Waals surface area contributed by atoms with Gasteiger partial charge in [0.15, 0.2) is 5.79 Å². The van der Waals surface area contributed by atoms with E-state index in [9.17, 15) is 14.8 Å². The minimum Gasteiger partial charge on any atom is -0.468 e. The third-order valence-corrected chi connectivity index (χ3v) is 6.62. The van der Waals surface area contributed by atoms with Gasteiger partial charge in [-0.1, -0.05) is 66.7 Å². The van der Waals surface area contributed by atoms with Crippen molar-refractivity contribution in [3.63, 3.8) is 0 Å². The van der Waals surface area contributed by atoms with Gasteiger partial charge in [0.25, 0.3) is 6.02 Å². The average molecular weight is 516 g/mol. The summed E-state index contributed by atoms with van der Waals surface area (Å²) >= 11 is 0. The number of halogens is 1. The van der Waals surface area contributed by atoms with E-state index in [0.717, 1.165) is 16.7 Å². The highest BCUT2D eigenvalue weighted by atomic mass is 19.1. The molecule has 0 bridgehead atoms. The normalized spacial score (nSPS) is 19.8. The van der Waals surface area contributed by atoms with Crippen LogP contribution in [0, 0.1) is 17.1 Å². The number of nitriles is 1. The SMILES string of the molecule is COC1=NC(Cc2ccccc2)C(OC(C)(C)O)C[C@@H](Cc2ccccc2)N1Cc1ccc(F)c(C#N)c1. The Bertz CT molecular complexity index is 1270. The number of benzene rings is 3. The van der Waals surface area contributed by atoms with Gasteiger partial charge in [0, 0.05) is 12.6 Å². The first-order valence-corrected chi connectivity index (χ1v) is 12.8. The fourth-order valence-electron chi connectivity index (χ4n) is 4.94. The molecule has 3 aromatic carbocycles. The van der Waals surface area contributed by atoms with Crippen molar-refractivity contribution in [3.8, 4) is 6.07 Å². The summed E-state index contributed by atoms with van der Waals surface area (Å²) in [6, 6.07) is 26.7. The number of hydrogen-bond acceptors (Lipinski definition) is 6. The molecule has 38 heavy (non-hydrogen) atoms. The number of aliphatic hydroxyl groups is 1. The molecule has 0 saturated carbocycles. The first kappa shape index (κ1) is 27.3. The molecule has 4 rings (SSSR count). The van der Waals surface area contributed by atoms with Crippen molar-refractivity contribution in [2.45, 2.75) is 63.6 Å². The lowest BCUT2D eigenvalue weighted by molar-refractivity contribution is -0.212. The van der Waals surface area contributed by atoms with Crippen LogP contribution in [-0.2, 0) is 28.9 Å². The second-order valence-electron chi connectivity index (χ2n) is 10.1. The number of aliphatic imine (C=N–C) groups is 1. The molecule has 0 spiro atoms. The first-order chi connectivity index (χ1) is 18.3. The maximum absolute atomic E-state index is 14.1. The maximum atomic E-state index is 14.1. The highest BCUT2D eigenvalue weighted by molar-refractivity contribution is 5.75. The molecule has 0 amide bonds. The largest absolute Gasteiger partial charge is 0.468 e. The van der Waals surface area contributed by atoms with Gasteiger partial charge < -0.3 is 19.5 Å². The van der Waals surface area contributed by atoms with Crippen LogP contribution in [0.25, 0.3) is 0 Å². The molecule has 7 heteroatoms. The molecule has 3 atom stereocenters. The van der Waals surface area contributed by atoms with E-state index in [0.29, 0.717) is 31.8 Å². The third-order valence-electron chi connectivity index (χ3n) is 6.62. The van der Waals surface area contributed by atoms with Gasteiger partial charge in [0.2, 0.25) is 0 Å². The van der Waals surface area contributed by atoms with Crippen LogP contribution in [0.2, 0.25) is 0 Å². The molecule has 0 radical (unpaired) electrons. The molecule has 1 heterocycles. The lowest BCUT2D eigenvalue weighted by Crippen LogP contribution is -2.44. The maximum Gasteiger partial charge on any atom is 0.287 e. The second kappa shape index (κ2) is 12.2. The zero-order valence-electron chi connectivity index (χ0n) is 22.0. The summed E-state index contributed by atoms with van der Waals surface area (Å²) in [4.78, 5) is 7.09. The molecule has 1 aliphatic heterocycles. The Morgan fingerprint density at radius 1 is 1.00 bits per heavy atom. The molecule has 1 N–H and O–H groups in total. The predicted octanol–water partition coefficient (Wildman–Crippen LogP) is 5.24. The van der Waals surface area contributed by atoms with Crippen LogP contribution in [0.4, 0.5) is 4.39 Å². The van der Waals surface area contributed by atoms with Crippen molar-refractivity contribution in [2.24, 2.45) is 4.99 Å². The Kier molecular flexibility index (Phi) is 8.77. The molecule has 6 nitrogen and oxygen atoms in total. The first-order valence-electron chi connectivity index (χ1n) is 12.8. The van der Waals surface area contributed by atoms with Crippen LogP contribution < -0.4 is 0 Å². The van der Waals surface area contributed by atoms with Crippen molar-refractivity contribution in [3.05, 3.63) is 107 Å². The highest BCUT2D eigenvalue weighted by Gasteiger charge is 2.37. The van der Waals surface area contributed by atoms with Crippen molar-refractivity contribution in [1.29, 1.82) is 5.26 Å². The summed E-state index contributed by atoms with van der Waals surface area (Å²) in [6.07, 6.45) is 1.45. The van der Waals surface area contributed by atoms with Crippen LogP contribution >= 0.6 is 0 Å². The summed E-state index contributed by atoms with van der Waals surface area (Å²) < 4.78 is 26.2. The predicted molar refractivity (Wildman–Crippen MR) is 145 cm³/mol. The molecule has 1 aliphatic rings. The molecule has 2 unspecified atom stereocenters. The van der Waals surface area contributed by atoms with Crippen molar-refractivity contribution >= 4 is 6.02 Å². The van der Waals surface area contributed by atoms with Crippen molar-refractivity contribution < 1.29 is 19.0 Å². The second-order valence-corrected chi connectivity index (χ2v) is 10.1. The zero-order chi connectivity index (χ0) is 27.1. The Hall–Kier alpha value is -3.73. The third kappa shape index (κ3) is 7.18. The topological polar surface area (TPSA) is 78.1 Å². The fourth-order valence-corrected chi connectivity index (χ4v) is 4.94. The van der Waals surface area contributed by atoms with E-state index in [1.54, 1.807) is 33.1 Å². The van der Waals surface area contributed by atoms with Crippen molar-refractivity contribution in [2.75, 3.05) is 7.11 Å². The minimum absolute atomic E-state index is 0.00182. The van der Waals surface area contributed by atoms with Crippen LogP contribution in [0.5, 0.6) is 0 Å². The lowest BCUT2D eigenvalue weighted by Gasteiger charge is -2.34. The highest BCUT2D eigenvalue weighted by Crippen LogP contribution is 2.29. The van der Waals surface area contributed by atoms with E-state index in [4.69, 9.17) is 14.5 Å². The van der Waals surface area contributed by atoms with E-state index in [2.05, 4.69) is 29.2 Å². The number of amidine groups is 1. The Balaban J connectivity index is 1.76. The number of methoxy groups -OCH3 is 1. The molecule has 198 valence electrons. The van der Waals surface area contributed by atoms with Gasteiger partial charge in [-0.25, -0.2) is 9.38 Å². The summed E-state index contributed by atoms with van der Waals surface area (Å²) in [5.41, 5.74) is 3.01. The Labute approximate surface area is 224 Å². The van der Waals surface area contributed by atoms with E-state index in [-0.39, 0.29) is 17.6 Å². The fraction of sp³-hybridized carbons (Fsp3) is 0.355. The van der Waals surface area contributed by atoms with Gasteiger partial charge >= 0.3 is 0 Å². The summed E-state index contributed by atoms with van der Waals surface area (Å²) in [5.74, 6) is -1.90. The van der Waals surface area contributed by atoms with E-state index in [1.165, 1.54) is 6.07 Å². The van der Waals surface area contributed by atoms with E-state index < -0.39 is 17.7 Å². The van der Waals surface area contributed by atoms with E-state index in [1.807, 2.05) is 42.5 Å². The van der Waals surface area contributed by atoms with Gasteiger partial charge in [0.1, 0.15) is 11.9 Å². The number of hydrogen-bond donors (Lipinski definition) is 1. The summed E-state index contributed by atoms with van der Waals surface area (Å²) in [6.45, 7) is 3.63. The van der Waals surface area contributed by atoms with Crippen LogP contribution in [0.15, 0.2) is 83.9 Å². The van der Waals surface area contributed by atoms with Crippen LogP contribution in [0.3, 0.4) is 0 Å². The monoisotopic (exact) mass is 515 g/mol. The number of rotatable bonds is 8. The molecule has 0 aliphatic carbocycles. The Morgan fingerprint density at radius 3 is 2.21 bits per heavy atom.